The van der Waals surface area contributed by atoms with Crippen LogP contribution >= 0.6 is 35.5 Å². The van der Waals surface area contributed by atoms with Crippen molar-refractivity contribution >= 4 is 41.4 Å². The highest BCUT2D eigenvalue weighted by Crippen LogP contribution is 2.28. The van der Waals surface area contributed by atoms with Crippen LogP contribution in [0.2, 0.25) is 0 Å². The van der Waals surface area contributed by atoms with E-state index in [-0.39, 0.29) is 12.4 Å². The molecule has 0 radical (unpaired) electrons. The molecule has 0 unspecified atom stereocenters. The van der Waals surface area contributed by atoms with Crippen LogP contribution in [0.3, 0.4) is 0 Å². The number of likely N-dealkylation sites (tertiary alicyclic amines) is 1. The second-order valence-electron chi connectivity index (χ2n) is 6.45. The molecule has 1 aromatic carbocycles. The Bertz CT molecular complexity index is 700. The quantitative estimate of drug-likeness (QED) is 0.718. The highest BCUT2D eigenvalue weighted by molar-refractivity contribution is 7.99. The second kappa shape index (κ2) is 8.58. The second-order valence-corrected chi connectivity index (χ2v) is 8.62. The molecule has 0 bridgehead atoms. The van der Waals surface area contributed by atoms with Crippen molar-refractivity contribution in [2.75, 3.05) is 25.4 Å². The van der Waals surface area contributed by atoms with Crippen molar-refractivity contribution in [1.82, 2.24) is 9.80 Å². The summed E-state index contributed by atoms with van der Waals surface area (Å²) in [6.45, 7) is 4.03. The first-order valence-electron chi connectivity index (χ1n) is 8.54. The van der Waals surface area contributed by atoms with Gasteiger partial charge in [-0.2, -0.15) is 0 Å². The molecule has 0 spiro atoms. The number of amides is 1. The van der Waals surface area contributed by atoms with Crippen molar-refractivity contribution in [1.29, 1.82) is 0 Å². The summed E-state index contributed by atoms with van der Waals surface area (Å²) in [4.78, 5) is 19.7. The predicted molar refractivity (Wildman–Crippen MR) is 108 cm³/mol. The van der Waals surface area contributed by atoms with Crippen molar-refractivity contribution in [3.05, 3.63) is 52.2 Å². The Kier molecular flexibility index (Phi) is 6.44. The summed E-state index contributed by atoms with van der Waals surface area (Å²) in [5, 5.41) is 2.20. The average Bonchev–Trinajstić information content (AvgIpc) is 3.02. The van der Waals surface area contributed by atoms with E-state index >= 15 is 0 Å². The largest absolute Gasteiger partial charge is 0.339 e. The zero-order chi connectivity index (χ0) is 16.4. The van der Waals surface area contributed by atoms with Crippen molar-refractivity contribution in [2.45, 2.75) is 30.3 Å². The molecular weight excluding hydrogens is 372 g/mol. The topological polar surface area (TPSA) is 23.6 Å². The maximum atomic E-state index is 12.3. The summed E-state index contributed by atoms with van der Waals surface area (Å²) in [5.74, 6) is 1.18. The summed E-state index contributed by atoms with van der Waals surface area (Å²) in [6, 6.07) is 13.1. The van der Waals surface area contributed by atoms with Gasteiger partial charge in [-0.15, -0.1) is 35.5 Å². The van der Waals surface area contributed by atoms with Crippen molar-refractivity contribution in [3.8, 4) is 0 Å². The van der Waals surface area contributed by atoms with Crippen LogP contribution in [0.4, 0.5) is 0 Å². The lowest BCUT2D eigenvalue weighted by Gasteiger charge is -2.46. The van der Waals surface area contributed by atoms with E-state index in [4.69, 9.17) is 0 Å². The number of hydrogen-bond acceptors (Lipinski definition) is 4. The Labute approximate surface area is 163 Å². The molecule has 1 fully saturated rings. The molecule has 4 rings (SSSR count). The standard InChI is InChI=1S/C19H22N2OS2.ClH/c22-19(8-11-23-17-4-2-1-3-5-17)21-13-16(14-21)20-9-6-18-15(12-20)7-10-24-18;/h1-5,7,10,16H,6,8-9,11-14H2;1H. The van der Waals surface area contributed by atoms with Crippen molar-refractivity contribution < 1.29 is 4.79 Å². The van der Waals surface area contributed by atoms with E-state index in [1.54, 1.807) is 16.6 Å². The third-order valence-corrected chi connectivity index (χ3v) is 6.93. The van der Waals surface area contributed by atoms with E-state index in [0.717, 1.165) is 31.9 Å². The van der Waals surface area contributed by atoms with E-state index in [0.29, 0.717) is 18.4 Å². The molecule has 2 aliphatic heterocycles. The molecule has 134 valence electrons. The smallest absolute Gasteiger partial charge is 0.223 e. The van der Waals surface area contributed by atoms with Crippen LogP contribution in [0, 0.1) is 0 Å². The number of fused-ring (bicyclic) bond motifs is 1. The lowest BCUT2D eigenvalue weighted by atomic mass is 10.0. The fraction of sp³-hybridized carbons (Fsp3) is 0.421. The molecule has 6 heteroatoms. The number of hydrogen-bond donors (Lipinski definition) is 0. The fourth-order valence-electron chi connectivity index (χ4n) is 3.40. The maximum absolute atomic E-state index is 12.3. The summed E-state index contributed by atoms with van der Waals surface area (Å²) in [7, 11) is 0. The zero-order valence-electron chi connectivity index (χ0n) is 14.1. The van der Waals surface area contributed by atoms with E-state index in [2.05, 4.69) is 28.5 Å². The number of rotatable bonds is 5. The molecule has 0 N–H and O–H groups in total. The number of halogens is 1. The van der Waals surface area contributed by atoms with Gasteiger partial charge in [-0.3, -0.25) is 9.69 Å². The monoisotopic (exact) mass is 394 g/mol. The third kappa shape index (κ3) is 4.40. The van der Waals surface area contributed by atoms with Crippen LogP contribution in [-0.2, 0) is 17.8 Å². The van der Waals surface area contributed by atoms with Crippen LogP contribution in [0.15, 0.2) is 46.7 Å². The van der Waals surface area contributed by atoms with Gasteiger partial charge in [0, 0.05) is 54.2 Å². The van der Waals surface area contributed by atoms with Gasteiger partial charge < -0.3 is 4.90 Å². The van der Waals surface area contributed by atoms with Crippen LogP contribution in [0.5, 0.6) is 0 Å². The zero-order valence-corrected chi connectivity index (χ0v) is 16.5. The molecular formula is C19H23ClN2OS2. The van der Waals surface area contributed by atoms with E-state index in [9.17, 15) is 4.79 Å². The van der Waals surface area contributed by atoms with Gasteiger partial charge >= 0.3 is 0 Å². The lowest BCUT2D eigenvalue weighted by Crippen LogP contribution is -2.61. The average molecular weight is 395 g/mol. The summed E-state index contributed by atoms with van der Waals surface area (Å²) < 4.78 is 0. The summed E-state index contributed by atoms with van der Waals surface area (Å²) >= 11 is 3.65. The highest BCUT2D eigenvalue weighted by Gasteiger charge is 2.35. The molecule has 25 heavy (non-hydrogen) atoms. The van der Waals surface area contributed by atoms with Gasteiger partial charge in [-0.1, -0.05) is 18.2 Å². The van der Waals surface area contributed by atoms with Gasteiger partial charge in [0.2, 0.25) is 5.91 Å². The molecule has 2 aliphatic rings. The molecule has 2 aromatic rings. The predicted octanol–water partition coefficient (Wildman–Crippen LogP) is 3.92. The number of nitrogens with zero attached hydrogens (tertiary/aromatic N) is 2. The van der Waals surface area contributed by atoms with Gasteiger partial charge in [-0.25, -0.2) is 0 Å². The van der Waals surface area contributed by atoms with Crippen LogP contribution in [0.1, 0.15) is 16.9 Å². The minimum absolute atomic E-state index is 0. The molecule has 1 amide bonds. The Morgan fingerprint density at radius 3 is 2.80 bits per heavy atom. The Balaban J connectivity index is 0.00000182. The van der Waals surface area contributed by atoms with Crippen LogP contribution in [-0.4, -0.2) is 47.1 Å². The van der Waals surface area contributed by atoms with E-state index < -0.39 is 0 Å². The Morgan fingerprint density at radius 2 is 2.00 bits per heavy atom. The third-order valence-electron chi connectivity index (χ3n) is 4.90. The van der Waals surface area contributed by atoms with Gasteiger partial charge in [0.15, 0.2) is 0 Å². The lowest BCUT2D eigenvalue weighted by molar-refractivity contribution is -0.138. The first-order chi connectivity index (χ1) is 11.8. The molecule has 1 aromatic heterocycles. The molecule has 1 saturated heterocycles. The Hall–Kier alpha value is -1.01. The van der Waals surface area contributed by atoms with Gasteiger partial charge in [0.25, 0.3) is 0 Å². The summed E-state index contributed by atoms with van der Waals surface area (Å²) in [5.41, 5.74) is 1.50. The first kappa shape index (κ1) is 18.8. The van der Waals surface area contributed by atoms with E-state index in [1.807, 2.05) is 34.4 Å². The van der Waals surface area contributed by atoms with Crippen LogP contribution < -0.4 is 0 Å². The SMILES string of the molecule is Cl.O=C(CCSc1ccccc1)N1CC(N2CCc3sccc3C2)C1. The molecule has 0 atom stereocenters. The highest BCUT2D eigenvalue weighted by atomic mass is 35.5. The molecule has 3 heterocycles. The minimum Gasteiger partial charge on any atom is -0.339 e. The van der Waals surface area contributed by atoms with Crippen molar-refractivity contribution in [3.63, 3.8) is 0 Å². The normalized spacial score (nSPS) is 17.5. The van der Waals surface area contributed by atoms with Gasteiger partial charge in [0.05, 0.1) is 0 Å². The van der Waals surface area contributed by atoms with Crippen LogP contribution in [0.25, 0.3) is 0 Å². The van der Waals surface area contributed by atoms with E-state index in [1.165, 1.54) is 16.9 Å². The minimum atomic E-state index is 0. The molecule has 3 nitrogen and oxygen atoms in total. The van der Waals surface area contributed by atoms with Gasteiger partial charge in [-0.05, 0) is 35.6 Å². The first-order valence-corrected chi connectivity index (χ1v) is 10.4. The summed E-state index contributed by atoms with van der Waals surface area (Å²) in [6.07, 6.45) is 1.81. The number of thioether (sulfide) groups is 1. The maximum Gasteiger partial charge on any atom is 0.223 e. The Morgan fingerprint density at radius 1 is 1.20 bits per heavy atom. The number of benzene rings is 1. The fourth-order valence-corrected chi connectivity index (χ4v) is 5.15. The van der Waals surface area contributed by atoms with Gasteiger partial charge in [0.1, 0.15) is 0 Å². The number of carbonyl (C=O) groups is 1. The van der Waals surface area contributed by atoms with Crippen molar-refractivity contribution in [2.24, 2.45) is 0 Å². The number of thiophene rings is 1. The molecule has 0 saturated carbocycles. The number of carbonyl (C=O) groups excluding carboxylic acids is 1. The molecule has 0 aliphatic carbocycles.